The number of ether oxygens (including phenoxy) is 2. The summed E-state index contributed by atoms with van der Waals surface area (Å²) in [6.07, 6.45) is 4.92. The number of aromatic nitrogens is 1. The number of amides is 1. The predicted octanol–water partition coefficient (Wildman–Crippen LogP) is 3.06. The first-order valence-corrected chi connectivity index (χ1v) is 11.9. The number of halogens is 1. The van der Waals surface area contributed by atoms with E-state index in [4.69, 9.17) is 14.9 Å². The van der Waals surface area contributed by atoms with Gasteiger partial charge in [-0.2, -0.15) is 0 Å². The van der Waals surface area contributed by atoms with Gasteiger partial charge >= 0.3 is 5.97 Å². The van der Waals surface area contributed by atoms with E-state index in [-0.39, 0.29) is 24.4 Å². The van der Waals surface area contributed by atoms with E-state index in [9.17, 15) is 14.0 Å². The average molecular weight is 498 g/mol. The number of pyridine rings is 1. The van der Waals surface area contributed by atoms with E-state index < -0.39 is 23.7 Å². The summed E-state index contributed by atoms with van der Waals surface area (Å²) in [5, 5.41) is 16.7. The maximum atomic E-state index is 14.3. The van der Waals surface area contributed by atoms with E-state index >= 15 is 0 Å². The van der Waals surface area contributed by atoms with Crippen LogP contribution in [-0.2, 0) is 27.2 Å². The molecule has 1 aromatic carbocycles. The zero-order valence-corrected chi connectivity index (χ0v) is 20.5. The Morgan fingerprint density at radius 2 is 2.14 bits per heavy atom. The number of rotatable bonds is 12. The maximum Gasteiger partial charge on any atom is 0.308 e. The van der Waals surface area contributed by atoms with Crippen molar-refractivity contribution in [3.63, 3.8) is 0 Å². The summed E-state index contributed by atoms with van der Waals surface area (Å²) in [6.45, 7) is 3.28. The molecule has 192 valence electrons. The van der Waals surface area contributed by atoms with Crippen LogP contribution in [0.4, 0.5) is 10.2 Å². The molecule has 10 heteroatoms. The summed E-state index contributed by atoms with van der Waals surface area (Å²) in [4.78, 5) is 29.6. The third kappa shape index (κ3) is 7.27. The highest BCUT2D eigenvalue weighted by Crippen LogP contribution is 2.24. The molecule has 0 spiro atoms. The molecule has 0 saturated carbocycles. The topological polar surface area (TPSA) is 125 Å². The van der Waals surface area contributed by atoms with Crippen molar-refractivity contribution < 1.29 is 23.5 Å². The lowest BCUT2D eigenvalue weighted by Crippen LogP contribution is -2.32. The predicted molar refractivity (Wildman–Crippen MR) is 135 cm³/mol. The quantitative estimate of drug-likeness (QED) is 0.154. The largest absolute Gasteiger partial charge is 0.494 e. The fourth-order valence-electron chi connectivity index (χ4n) is 3.84. The summed E-state index contributed by atoms with van der Waals surface area (Å²) >= 11 is 0. The molecule has 0 unspecified atom stereocenters. The standard InChI is InChI=1S/C26H32FN5O4/c1-3-36-24(33)14-22(18-7-9-23(35-2)21(27)13-18)32-26(34)19(15-28)16-29-12-10-20-8-6-17-5-4-11-30-25(17)31-20/h6-9,13,15-16,22,28-29H,3-5,10-12,14H2,1-2H3,(H,30,31)(H,32,34)/b19-16+,28-15?/t22-/m0/s1. The molecule has 0 fully saturated rings. The molecule has 1 atom stereocenters. The number of nitrogens with zero attached hydrogens (tertiary/aromatic N) is 1. The fraction of sp³-hybridized carbons (Fsp3) is 0.385. The van der Waals surface area contributed by atoms with Crippen LogP contribution in [-0.4, -0.2) is 49.9 Å². The van der Waals surface area contributed by atoms with Crippen molar-refractivity contribution in [3.8, 4) is 5.75 Å². The van der Waals surface area contributed by atoms with Gasteiger partial charge in [0.2, 0.25) is 0 Å². The number of hydrogen-bond acceptors (Lipinski definition) is 8. The molecule has 0 aliphatic carbocycles. The Morgan fingerprint density at radius 3 is 2.86 bits per heavy atom. The van der Waals surface area contributed by atoms with Gasteiger partial charge in [0.25, 0.3) is 5.91 Å². The lowest BCUT2D eigenvalue weighted by atomic mass is 10.0. The highest BCUT2D eigenvalue weighted by Gasteiger charge is 2.22. The van der Waals surface area contributed by atoms with E-state index in [0.29, 0.717) is 18.5 Å². The molecule has 4 N–H and O–H groups in total. The third-order valence-electron chi connectivity index (χ3n) is 5.71. The molecule has 1 aliphatic heterocycles. The zero-order valence-electron chi connectivity index (χ0n) is 20.5. The molecule has 2 aromatic rings. The van der Waals surface area contributed by atoms with E-state index in [1.807, 2.05) is 6.07 Å². The smallest absolute Gasteiger partial charge is 0.308 e. The van der Waals surface area contributed by atoms with Crippen LogP contribution >= 0.6 is 0 Å². The first-order chi connectivity index (χ1) is 17.4. The highest BCUT2D eigenvalue weighted by molar-refractivity contribution is 6.11. The first-order valence-electron chi connectivity index (χ1n) is 11.9. The summed E-state index contributed by atoms with van der Waals surface area (Å²) in [6, 6.07) is 7.42. The Bertz CT molecular complexity index is 1120. The molecule has 0 saturated heterocycles. The fourth-order valence-corrected chi connectivity index (χ4v) is 3.84. The Hall–Kier alpha value is -3.95. The Morgan fingerprint density at radius 1 is 1.31 bits per heavy atom. The number of hydrogen-bond donors (Lipinski definition) is 4. The van der Waals surface area contributed by atoms with Gasteiger partial charge in [0.15, 0.2) is 11.6 Å². The van der Waals surface area contributed by atoms with Crippen molar-refractivity contribution in [1.82, 2.24) is 15.6 Å². The van der Waals surface area contributed by atoms with Crippen molar-refractivity contribution in [1.29, 1.82) is 5.41 Å². The molecule has 9 nitrogen and oxygen atoms in total. The average Bonchev–Trinajstić information content (AvgIpc) is 2.88. The van der Waals surface area contributed by atoms with Gasteiger partial charge in [-0.15, -0.1) is 0 Å². The van der Waals surface area contributed by atoms with Crippen LogP contribution in [0.3, 0.4) is 0 Å². The lowest BCUT2D eigenvalue weighted by Gasteiger charge is -2.19. The van der Waals surface area contributed by atoms with Gasteiger partial charge < -0.3 is 30.8 Å². The minimum absolute atomic E-state index is 0.0495. The third-order valence-corrected chi connectivity index (χ3v) is 5.71. The van der Waals surface area contributed by atoms with Crippen molar-refractivity contribution in [3.05, 3.63) is 64.7 Å². The Kier molecular flexibility index (Phi) is 9.79. The Balaban J connectivity index is 1.64. The molecule has 2 heterocycles. The number of esters is 1. The van der Waals surface area contributed by atoms with Crippen LogP contribution in [0.25, 0.3) is 0 Å². The minimum atomic E-state index is -0.854. The van der Waals surface area contributed by atoms with Crippen LogP contribution in [0.1, 0.15) is 42.6 Å². The van der Waals surface area contributed by atoms with Gasteiger partial charge in [-0.1, -0.05) is 12.1 Å². The number of carbonyl (C=O) groups excluding carboxylic acids is 2. The van der Waals surface area contributed by atoms with Gasteiger partial charge in [-0.05, 0) is 49.1 Å². The number of nitrogens with one attached hydrogen (secondary N) is 4. The van der Waals surface area contributed by atoms with Crippen LogP contribution in [0.15, 0.2) is 42.1 Å². The number of carbonyl (C=O) groups is 2. The van der Waals surface area contributed by atoms with Crippen LogP contribution < -0.4 is 20.7 Å². The number of fused-ring (bicyclic) bond motifs is 1. The normalized spacial score (nSPS) is 13.6. The van der Waals surface area contributed by atoms with Crippen molar-refractivity contribution in [2.24, 2.45) is 0 Å². The number of anilines is 1. The van der Waals surface area contributed by atoms with Gasteiger partial charge in [0.05, 0.1) is 31.8 Å². The minimum Gasteiger partial charge on any atom is -0.494 e. The summed E-state index contributed by atoms with van der Waals surface area (Å²) < 4.78 is 24.2. The Labute approximate surface area is 210 Å². The molecule has 1 aromatic heterocycles. The van der Waals surface area contributed by atoms with Crippen molar-refractivity contribution in [2.75, 3.05) is 32.1 Å². The van der Waals surface area contributed by atoms with Crippen LogP contribution in [0, 0.1) is 11.2 Å². The molecule has 1 amide bonds. The second-order valence-corrected chi connectivity index (χ2v) is 8.22. The van der Waals surface area contributed by atoms with E-state index in [1.165, 1.54) is 31.0 Å². The van der Waals surface area contributed by atoms with Gasteiger partial charge in [0.1, 0.15) is 5.82 Å². The van der Waals surface area contributed by atoms with Crippen LogP contribution in [0.2, 0.25) is 0 Å². The summed E-state index contributed by atoms with van der Waals surface area (Å²) in [5.41, 5.74) is 2.56. The first kappa shape index (κ1) is 26.7. The lowest BCUT2D eigenvalue weighted by molar-refractivity contribution is -0.143. The second-order valence-electron chi connectivity index (χ2n) is 8.22. The van der Waals surface area contributed by atoms with E-state index in [1.54, 1.807) is 13.0 Å². The second kappa shape index (κ2) is 13.2. The van der Waals surface area contributed by atoms with Crippen molar-refractivity contribution in [2.45, 2.75) is 38.6 Å². The molecule has 0 bridgehead atoms. The SMILES string of the molecule is CCOC(=O)C[C@H](NC(=O)/C(C=N)=C/NCCc1ccc2c(n1)NCCC2)c1ccc(OC)c(F)c1. The van der Waals surface area contributed by atoms with Gasteiger partial charge in [0, 0.05) is 37.6 Å². The molecular weight excluding hydrogens is 465 g/mol. The monoisotopic (exact) mass is 497 g/mol. The molecule has 3 rings (SSSR count). The highest BCUT2D eigenvalue weighted by atomic mass is 19.1. The summed E-state index contributed by atoms with van der Waals surface area (Å²) in [7, 11) is 1.35. The van der Waals surface area contributed by atoms with E-state index in [2.05, 4.69) is 27.0 Å². The summed E-state index contributed by atoms with van der Waals surface area (Å²) in [5.74, 6) is -0.762. The molecule has 0 radical (unpaired) electrons. The number of benzene rings is 1. The maximum absolute atomic E-state index is 14.3. The molecule has 1 aliphatic rings. The number of methoxy groups -OCH3 is 1. The molecule has 36 heavy (non-hydrogen) atoms. The van der Waals surface area contributed by atoms with Crippen molar-refractivity contribution >= 4 is 23.9 Å². The number of aryl methyl sites for hydroxylation is 1. The van der Waals surface area contributed by atoms with Gasteiger partial charge in [-0.25, -0.2) is 9.37 Å². The molecular formula is C26H32FN5O4. The zero-order chi connectivity index (χ0) is 25.9. The van der Waals surface area contributed by atoms with E-state index in [0.717, 1.165) is 37.1 Å². The van der Waals surface area contributed by atoms with Gasteiger partial charge in [-0.3, -0.25) is 9.59 Å². The van der Waals surface area contributed by atoms with Crippen LogP contribution in [0.5, 0.6) is 5.75 Å².